The van der Waals surface area contributed by atoms with E-state index in [1.165, 1.54) is 0 Å². The number of nitrogens with two attached hydrogens (primary N) is 1. The topological polar surface area (TPSA) is 81.2 Å². The van der Waals surface area contributed by atoms with Gasteiger partial charge in [0, 0.05) is 12.1 Å². The Labute approximate surface area is 135 Å². The molecular formula is C17H19N5O. The zero-order valence-corrected chi connectivity index (χ0v) is 13.3. The lowest BCUT2D eigenvalue weighted by Crippen LogP contribution is -2.13. The molecular weight excluding hydrogens is 290 g/mol. The van der Waals surface area contributed by atoms with Gasteiger partial charge in [0.05, 0.1) is 24.9 Å². The Bertz CT molecular complexity index is 747. The van der Waals surface area contributed by atoms with Gasteiger partial charge in [0.1, 0.15) is 11.4 Å². The minimum absolute atomic E-state index is 0.379. The first-order chi connectivity index (χ1) is 11.2. The summed E-state index contributed by atoms with van der Waals surface area (Å²) in [4.78, 5) is 3.38. The van der Waals surface area contributed by atoms with Gasteiger partial charge in [-0.1, -0.05) is 13.8 Å². The molecule has 2 N–H and O–H groups in total. The molecule has 0 unspecified atom stereocenters. The van der Waals surface area contributed by atoms with E-state index in [9.17, 15) is 0 Å². The number of aromatic nitrogens is 2. The Balaban J connectivity index is 2.47. The summed E-state index contributed by atoms with van der Waals surface area (Å²) in [7, 11) is 0. The van der Waals surface area contributed by atoms with Crippen molar-refractivity contribution >= 4 is 5.69 Å². The van der Waals surface area contributed by atoms with Crippen LogP contribution in [0.3, 0.4) is 0 Å². The van der Waals surface area contributed by atoms with E-state index in [-0.39, 0.29) is 0 Å². The number of hydrogen-bond acceptors (Lipinski definition) is 4. The fourth-order valence-corrected chi connectivity index (χ4v) is 2.42. The SMILES string of the molecule is [C-]#[N+]c1cc(C#N)cc(Oc2c(CC)nn(CCN)c2CC)c1. The van der Waals surface area contributed by atoms with Crippen LogP contribution < -0.4 is 10.5 Å². The van der Waals surface area contributed by atoms with Gasteiger partial charge < -0.3 is 10.5 Å². The summed E-state index contributed by atoms with van der Waals surface area (Å²) < 4.78 is 7.89. The summed E-state index contributed by atoms with van der Waals surface area (Å²) in [5, 5.41) is 13.6. The number of benzene rings is 1. The van der Waals surface area contributed by atoms with Crippen molar-refractivity contribution in [3.05, 3.63) is 46.6 Å². The van der Waals surface area contributed by atoms with Gasteiger partial charge in [-0.25, -0.2) is 4.85 Å². The zero-order chi connectivity index (χ0) is 16.8. The summed E-state index contributed by atoms with van der Waals surface area (Å²) in [6.07, 6.45) is 1.49. The van der Waals surface area contributed by atoms with Crippen LogP contribution >= 0.6 is 0 Å². The van der Waals surface area contributed by atoms with Gasteiger partial charge in [-0.2, -0.15) is 10.4 Å². The third kappa shape index (κ3) is 3.50. The third-order valence-corrected chi connectivity index (χ3v) is 3.46. The largest absolute Gasteiger partial charge is 0.455 e. The highest BCUT2D eigenvalue weighted by atomic mass is 16.5. The normalized spacial score (nSPS) is 10.1. The second-order valence-electron chi connectivity index (χ2n) is 4.98. The number of aryl methyl sites for hydroxylation is 1. The Hall–Kier alpha value is -2.83. The van der Waals surface area contributed by atoms with Gasteiger partial charge in [0.2, 0.25) is 0 Å². The van der Waals surface area contributed by atoms with Crippen molar-refractivity contribution in [3.8, 4) is 17.6 Å². The van der Waals surface area contributed by atoms with Gasteiger partial charge in [-0.05, 0) is 31.0 Å². The van der Waals surface area contributed by atoms with Crippen molar-refractivity contribution in [2.45, 2.75) is 33.2 Å². The summed E-state index contributed by atoms with van der Waals surface area (Å²) >= 11 is 0. The van der Waals surface area contributed by atoms with Crippen LogP contribution in [-0.4, -0.2) is 16.3 Å². The molecule has 1 heterocycles. The molecule has 0 fully saturated rings. The predicted molar refractivity (Wildman–Crippen MR) is 87.5 cm³/mol. The molecule has 0 aliphatic carbocycles. The van der Waals surface area contributed by atoms with E-state index in [1.54, 1.807) is 18.2 Å². The highest BCUT2D eigenvalue weighted by molar-refractivity contribution is 5.56. The lowest BCUT2D eigenvalue weighted by Gasteiger charge is -2.09. The summed E-state index contributed by atoms with van der Waals surface area (Å²) in [6, 6.07) is 6.86. The van der Waals surface area contributed by atoms with E-state index in [0.29, 0.717) is 35.8 Å². The fourth-order valence-electron chi connectivity index (χ4n) is 2.42. The van der Waals surface area contributed by atoms with Crippen molar-refractivity contribution < 1.29 is 4.74 Å². The van der Waals surface area contributed by atoms with Crippen molar-refractivity contribution in [1.82, 2.24) is 9.78 Å². The molecule has 1 aromatic heterocycles. The van der Waals surface area contributed by atoms with E-state index >= 15 is 0 Å². The number of hydrogen-bond donors (Lipinski definition) is 1. The molecule has 6 nitrogen and oxygen atoms in total. The first-order valence-electron chi connectivity index (χ1n) is 7.55. The lowest BCUT2D eigenvalue weighted by molar-refractivity contribution is 0.468. The molecule has 1 aromatic carbocycles. The second-order valence-corrected chi connectivity index (χ2v) is 4.98. The predicted octanol–water partition coefficient (Wildman–Crippen LogP) is 3.18. The summed E-state index contributed by atoms with van der Waals surface area (Å²) in [5.74, 6) is 1.18. The van der Waals surface area contributed by atoms with Gasteiger partial charge in [-0.3, -0.25) is 4.68 Å². The van der Waals surface area contributed by atoms with E-state index in [4.69, 9.17) is 22.3 Å². The molecule has 0 spiro atoms. The average molecular weight is 309 g/mol. The van der Waals surface area contributed by atoms with E-state index < -0.39 is 0 Å². The molecule has 2 aromatic rings. The third-order valence-electron chi connectivity index (χ3n) is 3.46. The molecule has 0 bridgehead atoms. The highest BCUT2D eigenvalue weighted by Gasteiger charge is 2.18. The molecule has 0 aliphatic rings. The summed E-state index contributed by atoms with van der Waals surface area (Å²) in [5.41, 5.74) is 8.24. The monoisotopic (exact) mass is 309 g/mol. The Morgan fingerprint density at radius 1 is 1.35 bits per heavy atom. The van der Waals surface area contributed by atoms with E-state index in [1.807, 2.05) is 24.6 Å². The molecule has 118 valence electrons. The molecule has 2 rings (SSSR count). The Morgan fingerprint density at radius 3 is 2.70 bits per heavy atom. The van der Waals surface area contributed by atoms with E-state index in [0.717, 1.165) is 24.2 Å². The van der Waals surface area contributed by atoms with Crippen LogP contribution in [-0.2, 0) is 19.4 Å². The number of nitrogens with zero attached hydrogens (tertiary/aromatic N) is 4. The highest BCUT2D eigenvalue weighted by Crippen LogP contribution is 2.32. The molecule has 0 aliphatic heterocycles. The van der Waals surface area contributed by atoms with Crippen LogP contribution in [0, 0.1) is 17.9 Å². The molecule has 0 atom stereocenters. The second kappa shape index (κ2) is 7.44. The first-order valence-corrected chi connectivity index (χ1v) is 7.55. The van der Waals surface area contributed by atoms with Crippen LogP contribution in [0.1, 0.15) is 30.8 Å². The van der Waals surface area contributed by atoms with Crippen LogP contribution in [0.15, 0.2) is 18.2 Å². The quantitative estimate of drug-likeness (QED) is 0.831. The van der Waals surface area contributed by atoms with Crippen molar-refractivity contribution in [3.63, 3.8) is 0 Å². The maximum absolute atomic E-state index is 9.08. The fraction of sp³-hybridized carbons (Fsp3) is 0.353. The van der Waals surface area contributed by atoms with Gasteiger partial charge in [0.25, 0.3) is 0 Å². The van der Waals surface area contributed by atoms with Gasteiger partial charge >= 0.3 is 0 Å². The zero-order valence-electron chi connectivity index (χ0n) is 13.3. The van der Waals surface area contributed by atoms with Crippen LogP contribution in [0.2, 0.25) is 0 Å². The molecule has 0 radical (unpaired) electrons. The van der Waals surface area contributed by atoms with Crippen LogP contribution in [0.4, 0.5) is 5.69 Å². The Kier molecular flexibility index (Phi) is 5.35. The molecule has 23 heavy (non-hydrogen) atoms. The molecule has 0 saturated heterocycles. The van der Waals surface area contributed by atoms with Crippen molar-refractivity contribution in [1.29, 1.82) is 5.26 Å². The molecule has 0 amide bonds. The molecule has 0 saturated carbocycles. The maximum Gasteiger partial charge on any atom is 0.192 e. The van der Waals surface area contributed by atoms with Crippen LogP contribution in [0.25, 0.3) is 4.85 Å². The van der Waals surface area contributed by atoms with Gasteiger partial charge in [0.15, 0.2) is 11.4 Å². The van der Waals surface area contributed by atoms with Crippen molar-refractivity contribution in [2.24, 2.45) is 5.73 Å². The smallest absolute Gasteiger partial charge is 0.192 e. The Morgan fingerprint density at radius 2 is 2.13 bits per heavy atom. The summed E-state index contributed by atoms with van der Waals surface area (Å²) in [6.45, 7) is 12.3. The lowest BCUT2D eigenvalue weighted by atomic mass is 10.2. The minimum Gasteiger partial charge on any atom is -0.455 e. The van der Waals surface area contributed by atoms with E-state index in [2.05, 4.69) is 9.94 Å². The standard InChI is InChI=1S/C17H19N5O/c1-4-15-17(16(5-2)22(21-15)7-6-18)23-14-9-12(11-19)8-13(10-14)20-3/h8-10H,4-7,18H2,1-2H3. The maximum atomic E-state index is 9.08. The van der Waals surface area contributed by atoms with Gasteiger partial charge in [-0.15, -0.1) is 0 Å². The first kappa shape index (κ1) is 16.5. The number of nitriles is 1. The molecule has 6 heteroatoms. The number of rotatable bonds is 6. The van der Waals surface area contributed by atoms with Crippen LogP contribution in [0.5, 0.6) is 11.5 Å². The average Bonchev–Trinajstić information content (AvgIpc) is 2.91. The number of ether oxygens (including phenoxy) is 1. The minimum atomic E-state index is 0.379. The van der Waals surface area contributed by atoms with Crippen molar-refractivity contribution in [2.75, 3.05) is 6.54 Å².